The fraction of sp³-hybridized carbons (Fsp3) is 0.733. The average molecular weight is 438 g/mol. The molecule has 0 aromatic heterocycles. The van der Waals surface area contributed by atoms with E-state index in [-0.39, 0.29) is 5.41 Å². The lowest BCUT2D eigenvalue weighted by atomic mass is 9.74. The van der Waals surface area contributed by atoms with E-state index in [9.17, 15) is 0 Å². The zero-order valence-electron chi connectivity index (χ0n) is 21.2. The summed E-state index contributed by atoms with van der Waals surface area (Å²) in [5.41, 5.74) is 6.58. The molecule has 2 unspecified atom stereocenters. The molecule has 2 atom stereocenters. The Hall–Kier alpha value is -1.12. The summed E-state index contributed by atoms with van der Waals surface area (Å²) in [6.45, 7) is 8.84. The molecule has 2 heteroatoms. The van der Waals surface area contributed by atoms with Gasteiger partial charge in [0.2, 0.25) is 0 Å². The normalized spacial score (nSPS) is 25.7. The summed E-state index contributed by atoms with van der Waals surface area (Å²) in [7, 11) is 1.89. The molecule has 0 aliphatic heterocycles. The van der Waals surface area contributed by atoms with Crippen LogP contribution in [0.3, 0.4) is 0 Å². The van der Waals surface area contributed by atoms with Crippen molar-refractivity contribution in [2.24, 2.45) is 11.8 Å². The van der Waals surface area contributed by atoms with E-state index in [0.29, 0.717) is 12.0 Å². The van der Waals surface area contributed by atoms with Crippen LogP contribution in [0.15, 0.2) is 24.3 Å². The summed E-state index contributed by atoms with van der Waals surface area (Å²) >= 11 is 0. The number of ether oxygens (including phenoxy) is 1. The van der Waals surface area contributed by atoms with Gasteiger partial charge in [0.05, 0.1) is 6.61 Å². The number of fused-ring (bicyclic) bond motifs is 1. The van der Waals surface area contributed by atoms with Crippen LogP contribution in [0.1, 0.15) is 114 Å². The number of hydrogen-bond acceptors (Lipinski definition) is 2. The third-order valence-corrected chi connectivity index (χ3v) is 8.39. The van der Waals surface area contributed by atoms with Crippen LogP contribution < -0.4 is 5.32 Å². The van der Waals surface area contributed by atoms with Crippen molar-refractivity contribution >= 4 is 5.57 Å². The summed E-state index contributed by atoms with van der Waals surface area (Å²) in [6.07, 6.45) is 17.7. The van der Waals surface area contributed by atoms with Crippen molar-refractivity contribution in [2.45, 2.75) is 109 Å². The van der Waals surface area contributed by atoms with E-state index in [1.54, 1.807) is 22.3 Å². The van der Waals surface area contributed by atoms with E-state index < -0.39 is 0 Å². The number of allylic oxidation sites excluding steroid dienone is 1. The molecule has 1 aromatic carbocycles. The highest BCUT2D eigenvalue weighted by molar-refractivity contribution is 5.81. The van der Waals surface area contributed by atoms with Gasteiger partial charge in [-0.05, 0) is 85.6 Å². The van der Waals surface area contributed by atoms with E-state index in [1.807, 2.05) is 7.11 Å². The standard InChI is InChI=1S/C30H47NO/c1-22(2)20-31-23(3)18-30(21-32-4)19-27(25-14-9-6-10-15-25)29-26(16-11-17-28(29)30)24-12-7-5-8-13-24/h11,16-17,19,22-25,31H,5-10,12-15,18,20-21H2,1-4H3. The highest BCUT2D eigenvalue weighted by Gasteiger charge is 2.42. The van der Waals surface area contributed by atoms with E-state index in [0.717, 1.165) is 31.4 Å². The van der Waals surface area contributed by atoms with Gasteiger partial charge >= 0.3 is 0 Å². The summed E-state index contributed by atoms with van der Waals surface area (Å²) in [5, 5.41) is 3.81. The molecule has 0 amide bonds. The van der Waals surface area contributed by atoms with E-state index in [4.69, 9.17) is 4.74 Å². The van der Waals surface area contributed by atoms with Gasteiger partial charge in [-0.2, -0.15) is 0 Å². The molecular weight excluding hydrogens is 390 g/mol. The Bertz CT molecular complexity index is 769. The van der Waals surface area contributed by atoms with Gasteiger partial charge in [-0.3, -0.25) is 0 Å². The third kappa shape index (κ3) is 5.17. The lowest BCUT2D eigenvalue weighted by Crippen LogP contribution is -2.39. The van der Waals surface area contributed by atoms with Gasteiger partial charge in [0.15, 0.2) is 0 Å². The van der Waals surface area contributed by atoms with E-state index in [2.05, 4.69) is 50.4 Å². The number of methoxy groups -OCH3 is 1. The number of nitrogens with one attached hydrogen (secondary N) is 1. The minimum Gasteiger partial charge on any atom is -0.383 e. The van der Waals surface area contributed by atoms with Gasteiger partial charge in [-0.15, -0.1) is 0 Å². The van der Waals surface area contributed by atoms with Crippen molar-refractivity contribution in [1.82, 2.24) is 5.32 Å². The fourth-order valence-electron chi connectivity index (χ4n) is 6.90. The van der Waals surface area contributed by atoms with Crippen molar-refractivity contribution in [3.63, 3.8) is 0 Å². The Labute approximate surface area is 197 Å². The molecule has 32 heavy (non-hydrogen) atoms. The maximum Gasteiger partial charge on any atom is 0.0595 e. The minimum atomic E-state index is 0.00490. The highest BCUT2D eigenvalue weighted by atomic mass is 16.5. The molecule has 0 spiro atoms. The lowest BCUT2D eigenvalue weighted by molar-refractivity contribution is 0.141. The van der Waals surface area contributed by atoms with E-state index >= 15 is 0 Å². The van der Waals surface area contributed by atoms with Crippen molar-refractivity contribution < 1.29 is 4.74 Å². The second-order valence-corrected chi connectivity index (χ2v) is 11.5. The zero-order chi connectivity index (χ0) is 22.6. The molecule has 2 fully saturated rings. The third-order valence-electron chi connectivity index (χ3n) is 8.39. The van der Waals surface area contributed by atoms with Gasteiger partial charge in [0.1, 0.15) is 0 Å². The molecule has 3 aliphatic carbocycles. The van der Waals surface area contributed by atoms with Crippen molar-refractivity contribution in [1.29, 1.82) is 0 Å². The largest absolute Gasteiger partial charge is 0.383 e. The van der Waals surface area contributed by atoms with E-state index in [1.165, 1.54) is 64.2 Å². The molecular formula is C30H47NO. The van der Waals surface area contributed by atoms with Crippen molar-refractivity contribution in [3.8, 4) is 0 Å². The Morgan fingerprint density at radius 2 is 1.59 bits per heavy atom. The van der Waals surface area contributed by atoms with Gasteiger partial charge in [0, 0.05) is 18.6 Å². The predicted octanol–water partition coefficient (Wildman–Crippen LogP) is 7.62. The van der Waals surface area contributed by atoms with Crippen LogP contribution in [0.25, 0.3) is 5.57 Å². The topological polar surface area (TPSA) is 21.3 Å². The molecule has 2 nitrogen and oxygen atoms in total. The molecule has 0 radical (unpaired) electrons. The molecule has 0 saturated heterocycles. The molecule has 178 valence electrons. The van der Waals surface area contributed by atoms with Gasteiger partial charge < -0.3 is 10.1 Å². The van der Waals surface area contributed by atoms with Crippen LogP contribution in [0.2, 0.25) is 0 Å². The summed E-state index contributed by atoms with van der Waals surface area (Å²) in [4.78, 5) is 0. The SMILES string of the molecule is COCC1(CC(C)NCC(C)C)C=C(C2CCCCC2)c2c(C3CCCCC3)cccc21. The number of hydrogen-bond donors (Lipinski definition) is 1. The summed E-state index contributed by atoms with van der Waals surface area (Å²) in [6, 6.07) is 7.76. The quantitative estimate of drug-likeness (QED) is 0.429. The maximum atomic E-state index is 5.96. The first-order valence-corrected chi connectivity index (χ1v) is 13.6. The van der Waals surface area contributed by atoms with Crippen molar-refractivity contribution in [3.05, 3.63) is 41.0 Å². The Balaban J connectivity index is 1.75. The lowest BCUT2D eigenvalue weighted by Gasteiger charge is -2.33. The average Bonchev–Trinajstić information content (AvgIpc) is 3.13. The van der Waals surface area contributed by atoms with Crippen LogP contribution in [-0.2, 0) is 10.2 Å². The predicted molar refractivity (Wildman–Crippen MR) is 137 cm³/mol. The van der Waals surface area contributed by atoms with Gasteiger partial charge in [-0.1, -0.05) is 76.6 Å². The summed E-state index contributed by atoms with van der Waals surface area (Å²) in [5.74, 6) is 2.17. The minimum absolute atomic E-state index is 0.00490. The molecule has 4 rings (SSSR count). The van der Waals surface area contributed by atoms with Gasteiger partial charge in [0.25, 0.3) is 0 Å². The van der Waals surface area contributed by atoms with Crippen LogP contribution in [0.5, 0.6) is 0 Å². The molecule has 0 bridgehead atoms. The number of benzene rings is 1. The number of rotatable bonds is 9. The first-order chi connectivity index (χ1) is 15.5. The first kappa shape index (κ1) is 24.0. The van der Waals surface area contributed by atoms with Crippen molar-refractivity contribution in [2.75, 3.05) is 20.3 Å². The molecule has 3 aliphatic rings. The Morgan fingerprint density at radius 1 is 0.938 bits per heavy atom. The van der Waals surface area contributed by atoms with Crippen LogP contribution in [0.4, 0.5) is 0 Å². The van der Waals surface area contributed by atoms with Crippen LogP contribution in [-0.4, -0.2) is 26.3 Å². The summed E-state index contributed by atoms with van der Waals surface area (Å²) < 4.78 is 5.96. The van der Waals surface area contributed by atoms with Crippen LogP contribution in [0, 0.1) is 11.8 Å². The molecule has 2 saturated carbocycles. The molecule has 0 heterocycles. The van der Waals surface area contributed by atoms with Crippen LogP contribution >= 0.6 is 0 Å². The zero-order valence-corrected chi connectivity index (χ0v) is 21.2. The highest BCUT2D eigenvalue weighted by Crippen LogP contribution is 2.52. The Morgan fingerprint density at radius 3 is 2.22 bits per heavy atom. The Kier molecular flexibility index (Phi) is 8.16. The fourth-order valence-corrected chi connectivity index (χ4v) is 6.90. The maximum absolute atomic E-state index is 5.96. The van der Waals surface area contributed by atoms with Gasteiger partial charge in [-0.25, -0.2) is 0 Å². The molecule has 1 N–H and O–H groups in total. The second kappa shape index (κ2) is 10.9. The monoisotopic (exact) mass is 437 g/mol. The smallest absolute Gasteiger partial charge is 0.0595 e. The first-order valence-electron chi connectivity index (χ1n) is 13.6. The second-order valence-electron chi connectivity index (χ2n) is 11.5. The molecule has 1 aromatic rings.